The number of benzene rings is 2. The Hall–Kier alpha value is -3.33. The van der Waals surface area contributed by atoms with Crippen LogP contribution >= 0.6 is 11.8 Å². The summed E-state index contributed by atoms with van der Waals surface area (Å²) in [6.07, 6.45) is 1.53. The number of hydrogen-bond donors (Lipinski definition) is 1. The van der Waals surface area contributed by atoms with E-state index >= 15 is 0 Å². The van der Waals surface area contributed by atoms with E-state index in [4.69, 9.17) is 9.47 Å². The van der Waals surface area contributed by atoms with Crippen LogP contribution in [0.25, 0.3) is 6.08 Å². The number of amides is 3. The monoisotopic (exact) mass is 444 g/mol. The predicted molar refractivity (Wildman–Crippen MR) is 116 cm³/mol. The molecule has 0 aliphatic carbocycles. The molecule has 3 rings (SSSR count). The van der Waals surface area contributed by atoms with Gasteiger partial charge in [-0.2, -0.15) is 0 Å². The number of nitrogens with one attached hydrogen (secondary N) is 1. The number of imide groups is 1. The van der Waals surface area contributed by atoms with Crippen LogP contribution < -0.4 is 14.8 Å². The largest absolute Gasteiger partial charge is 0.493 e. The van der Waals surface area contributed by atoms with E-state index in [1.165, 1.54) is 31.4 Å². The Bertz CT molecular complexity index is 1040. The SMILES string of the molecule is COc1cc(/C=C2/SC(=O)N(CC(=O)Nc3ccc(F)cc3)C2=O)ccc1OC(C)C. The summed E-state index contributed by atoms with van der Waals surface area (Å²) in [5.74, 6) is -0.493. The fourth-order valence-electron chi connectivity index (χ4n) is 2.79. The zero-order valence-corrected chi connectivity index (χ0v) is 18.0. The summed E-state index contributed by atoms with van der Waals surface area (Å²) in [7, 11) is 1.51. The zero-order chi connectivity index (χ0) is 22.5. The second-order valence-corrected chi connectivity index (χ2v) is 7.89. The Morgan fingerprint density at radius 2 is 1.87 bits per heavy atom. The number of ether oxygens (including phenoxy) is 2. The van der Waals surface area contributed by atoms with Gasteiger partial charge < -0.3 is 14.8 Å². The number of carbonyl (C=O) groups is 3. The summed E-state index contributed by atoms with van der Waals surface area (Å²) in [5, 5.41) is 1.98. The molecule has 1 fully saturated rings. The van der Waals surface area contributed by atoms with Crippen molar-refractivity contribution in [2.24, 2.45) is 0 Å². The molecule has 0 atom stereocenters. The first kappa shape index (κ1) is 22.4. The molecule has 162 valence electrons. The van der Waals surface area contributed by atoms with Gasteiger partial charge in [0.1, 0.15) is 12.4 Å². The smallest absolute Gasteiger partial charge is 0.294 e. The molecule has 1 aliphatic heterocycles. The first-order valence-electron chi connectivity index (χ1n) is 9.42. The third-order valence-electron chi connectivity index (χ3n) is 4.15. The molecule has 1 aliphatic rings. The lowest BCUT2D eigenvalue weighted by molar-refractivity contribution is -0.127. The molecule has 0 unspecified atom stereocenters. The highest BCUT2D eigenvalue weighted by Gasteiger charge is 2.36. The Labute approximate surface area is 183 Å². The molecule has 31 heavy (non-hydrogen) atoms. The highest BCUT2D eigenvalue weighted by atomic mass is 32.2. The van der Waals surface area contributed by atoms with Gasteiger partial charge in [0.2, 0.25) is 5.91 Å². The Kier molecular flexibility index (Phi) is 6.96. The third-order valence-corrected chi connectivity index (χ3v) is 5.06. The van der Waals surface area contributed by atoms with Crippen LogP contribution in [0.15, 0.2) is 47.4 Å². The minimum absolute atomic E-state index is 0.0303. The van der Waals surface area contributed by atoms with Gasteiger partial charge in [-0.3, -0.25) is 19.3 Å². The number of halogens is 1. The van der Waals surface area contributed by atoms with E-state index in [9.17, 15) is 18.8 Å². The quantitative estimate of drug-likeness (QED) is 0.641. The molecule has 0 aromatic heterocycles. The molecule has 3 amide bonds. The zero-order valence-electron chi connectivity index (χ0n) is 17.2. The van der Waals surface area contributed by atoms with Crippen LogP contribution in [0.1, 0.15) is 19.4 Å². The number of thioether (sulfide) groups is 1. The Balaban J connectivity index is 1.71. The maximum absolute atomic E-state index is 13.0. The summed E-state index contributed by atoms with van der Waals surface area (Å²) in [5.41, 5.74) is 1.01. The maximum Gasteiger partial charge on any atom is 0.294 e. The summed E-state index contributed by atoms with van der Waals surface area (Å²) in [6.45, 7) is 3.36. The summed E-state index contributed by atoms with van der Waals surface area (Å²) >= 11 is 0.752. The molecule has 9 heteroatoms. The number of nitrogens with zero attached hydrogens (tertiary/aromatic N) is 1. The average Bonchev–Trinajstić information content (AvgIpc) is 2.97. The molecule has 1 saturated heterocycles. The molecule has 0 spiro atoms. The van der Waals surface area contributed by atoms with E-state index in [2.05, 4.69) is 5.32 Å². The lowest BCUT2D eigenvalue weighted by Crippen LogP contribution is -2.36. The van der Waals surface area contributed by atoms with E-state index in [-0.39, 0.29) is 11.0 Å². The summed E-state index contributed by atoms with van der Waals surface area (Å²) in [6, 6.07) is 10.4. The molecule has 0 bridgehead atoms. The fraction of sp³-hybridized carbons (Fsp3) is 0.227. The van der Waals surface area contributed by atoms with Crippen LogP contribution in [0.5, 0.6) is 11.5 Å². The van der Waals surface area contributed by atoms with Gasteiger partial charge in [0.15, 0.2) is 11.5 Å². The van der Waals surface area contributed by atoms with Crippen LogP contribution in [0, 0.1) is 5.82 Å². The molecule has 2 aromatic rings. The van der Waals surface area contributed by atoms with Crippen LogP contribution in [0.2, 0.25) is 0 Å². The second-order valence-electron chi connectivity index (χ2n) is 6.90. The van der Waals surface area contributed by atoms with Crippen LogP contribution in [-0.4, -0.2) is 41.7 Å². The number of anilines is 1. The van der Waals surface area contributed by atoms with Gasteiger partial charge in [-0.1, -0.05) is 6.07 Å². The maximum atomic E-state index is 13.0. The van der Waals surface area contributed by atoms with E-state index in [1.54, 1.807) is 24.3 Å². The standard InChI is InChI=1S/C22H21FN2O5S/c1-13(2)30-17-9-4-14(10-18(17)29-3)11-19-21(27)25(22(28)31-19)12-20(26)24-16-7-5-15(23)6-8-16/h4-11,13H,12H2,1-3H3,(H,24,26)/b19-11+. The number of carbonyl (C=O) groups excluding carboxylic acids is 3. The first-order chi connectivity index (χ1) is 14.8. The summed E-state index contributed by atoms with van der Waals surface area (Å²) < 4.78 is 24.0. The average molecular weight is 444 g/mol. The van der Waals surface area contributed by atoms with Gasteiger partial charge in [0.05, 0.1) is 18.1 Å². The number of hydrogen-bond acceptors (Lipinski definition) is 6. The van der Waals surface area contributed by atoms with Gasteiger partial charge in [-0.15, -0.1) is 0 Å². The van der Waals surface area contributed by atoms with Crippen molar-refractivity contribution < 1.29 is 28.2 Å². The van der Waals surface area contributed by atoms with Crippen molar-refractivity contribution in [1.82, 2.24) is 4.90 Å². The second kappa shape index (κ2) is 9.65. The fourth-order valence-corrected chi connectivity index (χ4v) is 3.63. The van der Waals surface area contributed by atoms with Crippen molar-refractivity contribution in [1.29, 1.82) is 0 Å². The molecular formula is C22H21FN2O5S. The van der Waals surface area contributed by atoms with Crippen LogP contribution in [0.3, 0.4) is 0 Å². The van der Waals surface area contributed by atoms with Crippen molar-refractivity contribution in [3.8, 4) is 11.5 Å². The molecular weight excluding hydrogens is 423 g/mol. The van der Waals surface area contributed by atoms with Gasteiger partial charge in [0.25, 0.3) is 11.1 Å². The van der Waals surface area contributed by atoms with Crippen molar-refractivity contribution in [2.45, 2.75) is 20.0 Å². The van der Waals surface area contributed by atoms with E-state index in [0.29, 0.717) is 22.7 Å². The van der Waals surface area contributed by atoms with Gasteiger partial charge in [-0.25, -0.2) is 4.39 Å². The Morgan fingerprint density at radius 3 is 2.52 bits per heavy atom. The lowest BCUT2D eigenvalue weighted by Gasteiger charge is -2.14. The predicted octanol–water partition coefficient (Wildman–Crippen LogP) is 4.30. The lowest BCUT2D eigenvalue weighted by atomic mass is 10.2. The van der Waals surface area contributed by atoms with E-state index < -0.39 is 29.4 Å². The molecule has 1 N–H and O–H groups in total. The number of rotatable bonds is 7. The Morgan fingerprint density at radius 1 is 1.16 bits per heavy atom. The molecule has 0 saturated carbocycles. The normalized spacial score (nSPS) is 15.0. The van der Waals surface area contributed by atoms with Crippen LogP contribution in [-0.2, 0) is 9.59 Å². The minimum Gasteiger partial charge on any atom is -0.493 e. The van der Waals surface area contributed by atoms with Crippen molar-refractivity contribution >= 4 is 40.6 Å². The third kappa shape index (κ3) is 5.64. The highest BCUT2D eigenvalue weighted by molar-refractivity contribution is 8.18. The van der Waals surface area contributed by atoms with E-state index in [0.717, 1.165) is 16.7 Å². The molecule has 7 nitrogen and oxygen atoms in total. The van der Waals surface area contributed by atoms with Gasteiger partial charge in [0, 0.05) is 5.69 Å². The van der Waals surface area contributed by atoms with Gasteiger partial charge in [-0.05, 0) is 73.6 Å². The summed E-state index contributed by atoms with van der Waals surface area (Å²) in [4.78, 5) is 38.2. The minimum atomic E-state index is -0.564. The van der Waals surface area contributed by atoms with E-state index in [1.807, 2.05) is 13.8 Å². The number of methoxy groups -OCH3 is 1. The van der Waals surface area contributed by atoms with Crippen LogP contribution in [0.4, 0.5) is 14.9 Å². The van der Waals surface area contributed by atoms with Gasteiger partial charge >= 0.3 is 0 Å². The van der Waals surface area contributed by atoms with Crippen molar-refractivity contribution in [2.75, 3.05) is 19.0 Å². The molecule has 0 radical (unpaired) electrons. The van der Waals surface area contributed by atoms with Crippen molar-refractivity contribution in [3.05, 3.63) is 58.8 Å². The first-order valence-corrected chi connectivity index (χ1v) is 10.2. The van der Waals surface area contributed by atoms with Crippen molar-refractivity contribution in [3.63, 3.8) is 0 Å². The molecule has 2 aromatic carbocycles. The highest BCUT2D eigenvalue weighted by Crippen LogP contribution is 2.34. The topological polar surface area (TPSA) is 84.9 Å². The molecule has 1 heterocycles.